The van der Waals surface area contributed by atoms with E-state index in [0.29, 0.717) is 36.5 Å². The highest BCUT2D eigenvalue weighted by molar-refractivity contribution is 6.03. The van der Waals surface area contributed by atoms with E-state index in [2.05, 4.69) is 15.2 Å². The molecule has 3 aromatic carbocycles. The number of benzene rings is 3. The van der Waals surface area contributed by atoms with Crippen LogP contribution in [0, 0.1) is 5.82 Å². The van der Waals surface area contributed by atoms with Crippen LogP contribution in [0.4, 0.5) is 10.1 Å². The maximum atomic E-state index is 15.8. The third-order valence-corrected chi connectivity index (χ3v) is 8.45. The van der Waals surface area contributed by atoms with Gasteiger partial charge in [0.15, 0.2) is 17.3 Å². The Morgan fingerprint density at radius 1 is 1.07 bits per heavy atom. The van der Waals surface area contributed by atoms with Gasteiger partial charge in [0.1, 0.15) is 16.8 Å². The van der Waals surface area contributed by atoms with E-state index in [1.54, 1.807) is 19.4 Å². The Balaban J connectivity index is 1.35. The molecule has 0 saturated carbocycles. The summed E-state index contributed by atoms with van der Waals surface area (Å²) in [6.45, 7) is 3.76. The van der Waals surface area contributed by atoms with Crippen molar-refractivity contribution in [3.05, 3.63) is 100 Å². The molecule has 43 heavy (non-hydrogen) atoms. The lowest BCUT2D eigenvalue weighted by atomic mass is 10.0. The summed E-state index contributed by atoms with van der Waals surface area (Å²) in [4.78, 5) is 35.8. The molecular weight excluding hydrogens is 545 g/mol. The number of hydrogen-bond acceptors (Lipinski definition) is 6. The molecule has 1 fully saturated rings. The molecule has 0 unspecified atom stereocenters. The van der Waals surface area contributed by atoms with E-state index in [4.69, 9.17) is 4.74 Å². The van der Waals surface area contributed by atoms with Crippen LogP contribution >= 0.6 is 0 Å². The second-order valence-corrected chi connectivity index (χ2v) is 11.2. The Kier molecular flexibility index (Phi) is 7.02. The average Bonchev–Trinajstić information content (AvgIpc) is 3.56. The number of nitrogens with zero attached hydrogens (tertiary/aromatic N) is 4. The van der Waals surface area contributed by atoms with Crippen molar-refractivity contribution in [1.29, 1.82) is 0 Å². The lowest BCUT2D eigenvalue weighted by Crippen LogP contribution is -2.33. The molecule has 9 heteroatoms. The first-order valence-electron chi connectivity index (χ1n) is 14.7. The predicted octanol–water partition coefficient (Wildman–Crippen LogP) is 5.61. The number of halogens is 1. The van der Waals surface area contributed by atoms with E-state index in [0.717, 1.165) is 36.1 Å². The lowest BCUT2D eigenvalue weighted by molar-refractivity contribution is 0.0794. The number of likely N-dealkylation sites (N-methyl/N-ethyl adjacent to an activating group) is 1. The van der Waals surface area contributed by atoms with Gasteiger partial charge in [-0.3, -0.25) is 14.6 Å². The molecular formula is C34H32FN5O3. The summed E-state index contributed by atoms with van der Waals surface area (Å²) in [7, 11) is 1.66. The summed E-state index contributed by atoms with van der Waals surface area (Å²) in [5.41, 5.74) is 1.64. The maximum absolute atomic E-state index is 15.8. The highest BCUT2D eigenvalue weighted by Gasteiger charge is 2.30. The highest BCUT2D eigenvalue weighted by atomic mass is 19.1. The van der Waals surface area contributed by atoms with Gasteiger partial charge in [-0.05, 0) is 55.6 Å². The van der Waals surface area contributed by atoms with E-state index in [1.165, 1.54) is 23.8 Å². The SMILES string of the molecule is CN(CCc1ccccn1)C(=O)c1cn2c3c(c(NCCN4CCCC4)c(F)cc3c1=O)Oc1ccc3ccccc3c1-2. The van der Waals surface area contributed by atoms with Crippen molar-refractivity contribution < 1.29 is 13.9 Å². The molecule has 218 valence electrons. The fraction of sp³-hybridized carbons (Fsp3) is 0.265. The quantitative estimate of drug-likeness (QED) is 0.254. The third-order valence-electron chi connectivity index (χ3n) is 8.45. The number of pyridine rings is 2. The molecule has 1 N–H and O–H groups in total. The van der Waals surface area contributed by atoms with Gasteiger partial charge >= 0.3 is 0 Å². The zero-order valence-corrected chi connectivity index (χ0v) is 24.0. The predicted molar refractivity (Wildman–Crippen MR) is 166 cm³/mol. The van der Waals surface area contributed by atoms with Crippen LogP contribution in [0.2, 0.25) is 0 Å². The molecule has 2 aliphatic heterocycles. The van der Waals surface area contributed by atoms with Gasteiger partial charge in [-0.1, -0.05) is 36.4 Å². The van der Waals surface area contributed by atoms with Crippen molar-refractivity contribution in [3.63, 3.8) is 0 Å². The van der Waals surface area contributed by atoms with Crippen molar-refractivity contribution in [2.75, 3.05) is 45.1 Å². The number of nitrogens with one attached hydrogen (secondary N) is 1. The Morgan fingerprint density at radius 3 is 2.70 bits per heavy atom. The van der Waals surface area contributed by atoms with Crippen LogP contribution in [-0.4, -0.2) is 65.0 Å². The summed E-state index contributed by atoms with van der Waals surface area (Å²) in [6.07, 6.45) is 6.19. The number of carbonyl (C=O) groups excluding carboxylic acids is 1. The Hall–Kier alpha value is -4.76. The van der Waals surface area contributed by atoms with Gasteiger partial charge in [-0.15, -0.1) is 0 Å². The van der Waals surface area contributed by atoms with Gasteiger partial charge in [0.05, 0.1) is 11.1 Å². The number of aromatic nitrogens is 2. The fourth-order valence-corrected chi connectivity index (χ4v) is 6.18. The molecule has 2 aromatic heterocycles. The minimum absolute atomic E-state index is 0.0307. The Labute approximate surface area is 248 Å². The van der Waals surface area contributed by atoms with Gasteiger partial charge in [0.25, 0.3) is 5.91 Å². The van der Waals surface area contributed by atoms with Crippen LogP contribution in [-0.2, 0) is 6.42 Å². The van der Waals surface area contributed by atoms with E-state index < -0.39 is 17.2 Å². The zero-order chi connectivity index (χ0) is 29.5. The largest absolute Gasteiger partial charge is 0.451 e. The van der Waals surface area contributed by atoms with Crippen molar-refractivity contribution >= 4 is 33.3 Å². The van der Waals surface area contributed by atoms with Gasteiger partial charge in [0, 0.05) is 56.6 Å². The van der Waals surface area contributed by atoms with E-state index in [9.17, 15) is 9.59 Å². The molecule has 0 aliphatic carbocycles. The van der Waals surface area contributed by atoms with Gasteiger partial charge < -0.3 is 24.4 Å². The normalized spacial score (nSPS) is 14.1. The topological polar surface area (TPSA) is 79.7 Å². The number of rotatable bonds is 8. The van der Waals surface area contributed by atoms with Crippen molar-refractivity contribution in [2.24, 2.45) is 0 Å². The standard InChI is InChI=1S/C34H32FN5O3/c1-38(18-13-23-9-4-5-14-36-23)34(42)26-21-40-30-24-10-3-2-8-22(24)11-12-28(30)43-33-29(37-15-19-39-16-6-7-17-39)27(35)20-25(31(33)40)32(26)41/h2-5,8-12,14,20-21,37H,6-7,13,15-19H2,1H3. The first-order chi connectivity index (χ1) is 21.0. The minimum atomic E-state index is -0.593. The summed E-state index contributed by atoms with van der Waals surface area (Å²) in [5, 5.41) is 5.22. The van der Waals surface area contributed by atoms with Gasteiger partial charge in [-0.25, -0.2) is 4.39 Å². The highest BCUT2D eigenvalue weighted by Crippen LogP contribution is 2.47. The van der Waals surface area contributed by atoms with Crippen LogP contribution in [0.5, 0.6) is 11.5 Å². The molecule has 4 heterocycles. The number of carbonyl (C=O) groups is 1. The average molecular weight is 578 g/mol. The Morgan fingerprint density at radius 2 is 1.88 bits per heavy atom. The zero-order valence-electron chi connectivity index (χ0n) is 24.0. The van der Waals surface area contributed by atoms with E-state index in [1.807, 2.05) is 59.2 Å². The summed E-state index contributed by atoms with van der Waals surface area (Å²) in [5.74, 6) is -0.260. The second-order valence-electron chi connectivity index (χ2n) is 11.2. The molecule has 0 atom stereocenters. The minimum Gasteiger partial charge on any atom is -0.451 e. The first-order valence-corrected chi connectivity index (χ1v) is 14.7. The van der Waals surface area contributed by atoms with Gasteiger partial charge in [0.2, 0.25) is 5.43 Å². The first kappa shape index (κ1) is 27.1. The van der Waals surface area contributed by atoms with Crippen LogP contribution in [0.3, 0.4) is 0 Å². The molecule has 2 aliphatic rings. The van der Waals surface area contributed by atoms with Gasteiger partial charge in [-0.2, -0.15) is 0 Å². The molecule has 0 radical (unpaired) electrons. The van der Waals surface area contributed by atoms with Crippen molar-refractivity contribution in [1.82, 2.24) is 19.4 Å². The molecule has 0 bridgehead atoms. The lowest BCUT2D eigenvalue weighted by Gasteiger charge is -2.28. The fourth-order valence-electron chi connectivity index (χ4n) is 6.18. The number of likely N-dealkylation sites (tertiary alicyclic amines) is 1. The smallest absolute Gasteiger partial charge is 0.259 e. The van der Waals surface area contributed by atoms with E-state index in [-0.39, 0.29) is 22.4 Å². The molecule has 1 saturated heterocycles. The third kappa shape index (κ3) is 4.89. The van der Waals surface area contributed by atoms with Crippen LogP contribution in [0.15, 0.2) is 77.9 Å². The Bertz CT molecular complexity index is 1920. The second kappa shape index (κ2) is 11.1. The number of fused-ring (bicyclic) bond motifs is 4. The van der Waals surface area contributed by atoms with Crippen LogP contribution in [0.1, 0.15) is 28.9 Å². The maximum Gasteiger partial charge on any atom is 0.259 e. The monoisotopic (exact) mass is 577 g/mol. The molecule has 8 nitrogen and oxygen atoms in total. The molecule has 1 amide bonds. The molecule has 5 aromatic rings. The summed E-state index contributed by atoms with van der Waals surface area (Å²) < 4.78 is 24.1. The summed E-state index contributed by atoms with van der Waals surface area (Å²) in [6, 6.07) is 18.5. The molecule has 7 rings (SSSR count). The van der Waals surface area contributed by atoms with Crippen LogP contribution in [0.25, 0.3) is 27.4 Å². The van der Waals surface area contributed by atoms with Crippen LogP contribution < -0.4 is 15.5 Å². The molecule has 0 spiro atoms. The number of anilines is 1. The number of hydrogen-bond donors (Lipinski definition) is 1. The number of ether oxygens (including phenoxy) is 1. The van der Waals surface area contributed by atoms with Crippen molar-refractivity contribution in [2.45, 2.75) is 19.3 Å². The van der Waals surface area contributed by atoms with E-state index >= 15 is 4.39 Å². The van der Waals surface area contributed by atoms with Crippen molar-refractivity contribution in [3.8, 4) is 17.2 Å². The summed E-state index contributed by atoms with van der Waals surface area (Å²) >= 11 is 0. The number of amides is 1.